The van der Waals surface area contributed by atoms with E-state index in [2.05, 4.69) is 0 Å². The lowest BCUT2D eigenvalue weighted by atomic mass is 9.96. The van der Waals surface area contributed by atoms with E-state index in [0.29, 0.717) is 6.29 Å². The van der Waals surface area contributed by atoms with Crippen LogP contribution in [0.1, 0.15) is 58.3 Å². The largest absolute Gasteiger partial charge is 0.456 e. The Hall–Kier alpha value is -1.68. The van der Waals surface area contributed by atoms with Crippen LogP contribution in [0.4, 0.5) is 0 Å². The van der Waals surface area contributed by atoms with Gasteiger partial charge in [-0.2, -0.15) is 0 Å². The zero-order valence-electron chi connectivity index (χ0n) is 11.7. The second kappa shape index (κ2) is 6.66. The van der Waals surface area contributed by atoms with E-state index in [0.717, 1.165) is 0 Å². The Labute approximate surface area is 123 Å². The van der Waals surface area contributed by atoms with Gasteiger partial charge in [0.2, 0.25) is 0 Å². The van der Waals surface area contributed by atoms with Crippen LogP contribution in [-0.2, 0) is 4.74 Å². The van der Waals surface area contributed by atoms with E-state index in [1.807, 2.05) is 0 Å². The fraction of sp³-hybridized carbons (Fsp3) is 0.400. The predicted molar refractivity (Wildman–Crippen MR) is 76.7 cm³/mol. The molecular formula is C15H17ClO4. The number of hydrogen-bond donors (Lipinski definition) is 0. The highest BCUT2D eigenvalue weighted by atomic mass is 35.5. The maximum absolute atomic E-state index is 12.1. The van der Waals surface area contributed by atoms with Crippen LogP contribution in [0, 0.1) is 0 Å². The minimum absolute atomic E-state index is 0.0577. The monoisotopic (exact) mass is 296 g/mol. The van der Waals surface area contributed by atoms with Crippen LogP contribution in [0.2, 0.25) is 0 Å². The zero-order valence-corrected chi connectivity index (χ0v) is 12.5. The molecule has 0 spiro atoms. The highest BCUT2D eigenvalue weighted by molar-refractivity contribution is 6.20. The lowest BCUT2D eigenvalue weighted by Gasteiger charge is -2.20. The summed E-state index contributed by atoms with van der Waals surface area (Å²) in [5.41, 5.74) is -0.332. The maximum atomic E-state index is 12.1. The van der Waals surface area contributed by atoms with Crippen molar-refractivity contribution in [1.29, 1.82) is 0 Å². The summed E-state index contributed by atoms with van der Waals surface area (Å²) in [6.45, 7) is 5.19. The fourth-order valence-corrected chi connectivity index (χ4v) is 1.87. The molecule has 0 amide bonds. The number of benzene rings is 1. The van der Waals surface area contributed by atoms with Gasteiger partial charge in [0, 0.05) is 23.4 Å². The molecule has 0 unspecified atom stereocenters. The van der Waals surface area contributed by atoms with Gasteiger partial charge in [-0.15, -0.1) is 11.6 Å². The highest BCUT2D eigenvalue weighted by Crippen LogP contribution is 2.20. The van der Waals surface area contributed by atoms with Crippen LogP contribution in [-0.4, -0.2) is 29.5 Å². The number of carbonyl (C=O) groups is 3. The molecule has 4 nitrogen and oxygen atoms in total. The molecule has 0 heterocycles. The van der Waals surface area contributed by atoms with Crippen LogP contribution in [0.3, 0.4) is 0 Å². The third-order valence-electron chi connectivity index (χ3n) is 2.44. The van der Waals surface area contributed by atoms with Crippen molar-refractivity contribution in [3.8, 4) is 0 Å². The molecule has 0 aliphatic heterocycles. The maximum Gasteiger partial charge on any atom is 0.339 e. The number of ether oxygens (including phenoxy) is 1. The molecule has 0 bridgehead atoms. The first-order valence-electron chi connectivity index (χ1n) is 6.21. The molecule has 0 aliphatic rings. The van der Waals surface area contributed by atoms with Gasteiger partial charge in [0.15, 0.2) is 12.1 Å². The topological polar surface area (TPSA) is 60.4 Å². The van der Waals surface area contributed by atoms with Crippen LogP contribution < -0.4 is 0 Å². The second-order valence-corrected chi connectivity index (χ2v) is 5.63. The molecular weight excluding hydrogens is 280 g/mol. The molecule has 20 heavy (non-hydrogen) atoms. The highest BCUT2D eigenvalue weighted by Gasteiger charge is 2.24. The van der Waals surface area contributed by atoms with Crippen molar-refractivity contribution >= 4 is 29.6 Å². The van der Waals surface area contributed by atoms with Gasteiger partial charge in [0.1, 0.15) is 5.60 Å². The SMILES string of the molecule is CC(C)(C)OC(=O)c1cccc(C=O)c1C(=O)CCCl. The number of Topliss-reactive ketones (excluding diaryl/α,β-unsaturated/α-hetero) is 1. The molecule has 0 saturated heterocycles. The Morgan fingerprint density at radius 1 is 1.30 bits per heavy atom. The fourth-order valence-electron chi connectivity index (χ4n) is 1.69. The molecule has 5 heteroatoms. The summed E-state index contributed by atoms with van der Waals surface area (Å²) in [7, 11) is 0. The number of esters is 1. The van der Waals surface area contributed by atoms with Crippen molar-refractivity contribution < 1.29 is 19.1 Å². The quantitative estimate of drug-likeness (QED) is 0.362. The number of hydrogen-bond acceptors (Lipinski definition) is 4. The third-order valence-corrected chi connectivity index (χ3v) is 2.63. The van der Waals surface area contributed by atoms with Crippen molar-refractivity contribution in [2.24, 2.45) is 0 Å². The summed E-state index contributed by atoms with van der Waals surface area (Å²) in [5, 5.41) is 0. The van der Waals surface area contributed by atoms with E-state index >= 15 is 0 Å². The first-order valence-corrected chi connectivity index (χ1v) is 6.74. The van der Waals surface area contributed by atoms with Gasteiger partial charge in [-0.1, -0.05) is 12.1 Å². The Balaban J connectivity index is 3.28. The van der Waals surface area contributed by atoms with E-state index in [9.17, 15) is 14.4 Å². The summed E-state index contributed by atoms with van der Waals surface area (Å²) in [6.07, 6.45) is 0.609. The van der Waals surface area contributed by atoms with Gasteiger partial charge < -0.3 is 4.74 Å². The first-order chi connectivity index (χ1) is 9.30. The van der Waals surface area contributed by atoms with Crippen LogP contribution in [0.15, 0.2) is 18.2 Å². The summed E-state index contributed by atoms with van der Waals surface area (Å²) in [6, 6.07) is 4.51. The molecule has 108 valence electrons. The summed E-state index contributed by atoms with van der Waals surface area (Å²) in [4.78, 5) is 35.3. The number of ketones is 1. The molecule has 0 saturated carbocycles. The Kier molecular flexibility index (Phi) is 5.45. The van der Waals surface area contributed by atoms with Gasteiger partial charge >= 0.3 is 5.97 Å². The Morgan fingerprint density at radius 3 is 2.45 bits per heavy atom. The summed E-state index contributed by atoms with van der Waals surface area (Å²) >= 11 is 5.55. The average molecular weight is 297 g/mol. The molecule has 0 aliphatic carbocycles. The van der Waals surface area contributed by atoms with E-state index in [-0.39, 0.29) is 34.8 Å². The molecule has 0 radical (unpaired) electrons. The molecule has 0 fully saturated rings. The van der Waals surface area contributed by atoms with E-state index in [1.54, 1.807) is 26.8 Å². The first kappa shape index (κ1) is 16.4. The minimum Gasteiger partial charge on any atom is -0.456 e. The number of halogens is 1. The van der Waals surface area contributed by atoms with Gasteiger partial charge in [0.05, 0.1) is 5.56 Å². The average Bonchev–Trinajstić information content (AvgIpc) is 2.36. The second-order valence-electron chi connectivity index (χ2n) is 5.25. The van der Waals surface area contributed by atoms with Crippen LogP contribution >= 0.6 is 11.6 Å². The molecule has 1 aromatic carbocycles. The third kappa shape index (κ3) is 4.17. The molecule has 0 N–H and O–H groups in total. The predicted octanol–water partition coefficient (Wildman–Crippen LogP) is 3.27. The van der Waals surface area contributed by atoms with Gasteiger partial charge in [0.25, 0.3) is 0 Å². The Morgan fingerprint density at radius 2 is 1.95 bits per heavy atom. The Bertz CT molecular complexity index is 529. The number of alkyl halides is 1. The van der Waals surface area contributed by atoms with E-state index < -0.39 is 11.6 Å². The van der Waals surface area contributed by atoms with Crippen molar-refractivity contribution in [2.75, 3.05) is 5.88 Å². The van der Waals surface area contributed by atoms with Gasteiger partial charge in [-0.05, 0) is 26.8 Å². The van der Waals surface area contributed by atoms with Gasteiger partial charge in [-0.3, -0.25) is 9.59 Å². The normalized spacial score (nSPS) is 11.0. The van der Waals surface area contributed by atoms with Crippen molar-refractivity contribution in [2.45, 2.75) is 32.8 Å². The molecule has 0 aromatic heterocycles. The number of aldehydes is 1. The zero-order chi connectivity index (χ0) is 15.3. The molecule has 0 atom stereocenters. The standard InChI is InChI=1S/C15H17ClO4/c1-15(2,3)20-14(19)11-6-4-5-10(9-17)13(11)12(18)7-8-16/h4-6,9H,7-8H2,1-3H3. The summed E-state index contributed by atoms with van der Waals surface area (Å²) < 4.78 is 5.25. The van der Waals surface area contributed by atoms with Crippen molar-refractivity contribution in [3.63, 3.8) is 0 Å². The lowest BCUT2D eigenvalue weighted by Crippen LogP contribution is -2.25. The van der Waals surface area contributed by atoms with Crippen molar-refractivity contribution in [1.82, 2.24) is 0 Å². The molecule has 1 rings (SSSR count). The van der Waals surface area contributed by atoms with E-state index in [4.69, 9.17) is 16.3 Å². The number of rotatable bonds is 5. The lowest BCUT2D eigenvalue weighted by molar-refractivity contribution is 0.00677. The smallest absolute Gasteiger partial charge is 0.339 e. The van der Waals surface area contributed by atoms with Crippen molar-refractivity contribution in [3.05, 3.63) is 34.9 Å². The summed E-state index contributed by atoms with van der Waals surface area (Å²) in [5.74, 6) is -0.845. The van der Waals surface area contributed by atoms with Gasteiger partial charge in [-0.25, -0.2) is 4.79 Å². The van der Waals surface area contributed by atoms with Crippen LogP contribution in [0.25, 0.3) is 0 Å². The van der Waals surface area contributed by atoms with E-state index in [1.165, 1.54) is 12.1 Å². The van der Waals surface area contributed by atoms with Crippen LogP contribution in [0.5, 0.6) is 0 Å². The minimum atomic E-state index is -0.679. The number of carbonyl (C=O) groups excluding carboxylic acids is 3. The molecule has 1 aromatic rings.